The quantitative estimate of drug-likeness (QED) is 0.878. The Morgan fingerprint density at radius 1 is 1.23 bits per heavy atom. The van der Waals surface area contributed by atoms with Crippen molar-refractivity contribution in [2.24, 2.45) is 5.92 Å². The first-order chi connectivity index (χ1) is 10.8. The van der Waals surface area contributed by atoms with Crippen LogP contribution in [0.2, 0.25) is 0 Å². The van der Waals surface area contributed by atoms with Gasteiger partial charge in [0.2, 0.25) is 5.91 Å². The van der Waals surface area contributed by atoms with E-state index in [1.165, 1.54) is 24.8 Å². The number of hydrogen-bond acceptors (Lipinski definition) is 3. The predicted octanol–water partition coefficient (Wildman–Crippen LogP) is 2.75. The van der Waals surface area contributed by atoms with E-state index < -0.39 is 0 Å². The molecule has 2 fully saturated rings. The van der Waals surface area contributed by atoms with E-state index >= 15 is 0 Å². The predicted molar refractivity (Wildman–Crippen MR) is 86.9 cm³/mol. The van der Waals surface area contributed by atoms with E-state index in [1.807, 2.05) is 12.1 Å². The van der Waals surface area contributed by atoms with Gasteiger partial charge in [0.1, 0.15) is 5.75 Å². The first-order valence-corrected chi connectivity index (χ1v) is 8.43. The minimum absolute atomic E-state index is 0.240. The lowest BCUT2D eigenvalue weighted by Gasteiger charge is -2.30. The molecule has 4 heteroatoms. The lowest BCUT2D eigenvalue weighted by Crippen LogP contribution is -2.40. The van der Waals surface area contributed by atoms with Crippen LogP contribution in [0, 0.1) is 5.92 Å². The molecule has 0 spiro atoms. The van der Waals surface area contributed by atoms with Gasteiger partial charge in [-0.1, -0.05) is 18.6 Å². The summed E-state index contributed by atoms with van der Waals surface area (Å²) in [5.41, 5.74) is 1.26. The summed E-state index contributed by atoms with van der Waals surface area (Å²) in [4.78, 5) is 14.6. The molecule has 3 rings (SSSR count). The Balaban J connectivity index is 1.66. The molecule has 1 aliphatic carbocycles. The molecular formula is C18H26N2O2. The first-order valence-electron chi connectivity index (χ1n) is 8.43. The lowest BCUT2D eigenvalue weighted by molar-refractivity contribution is -0.127. The standard InChI is InChI=1S/C18H26N2O2/c1-22-16-9-7-14(8-10-16)17(20-11-2-3-12-20)13-19-18(21)15-5-4-6-15/h7-10,15,17H,2-6,11-13H2,1H3,(H,19,21). The van der Waals surface area contributed by atoms with Gasteiger partial charge in [-0.15, -0.1) is 0 Å². The lowest BCUT2D eigenvalue weighted by atomic mass is 9.85. The maximum Gasteiger partial charge on any atom is 0.223 e. The van der Waals surface area contributed by atoms with Gasteiger partial charge in [-0.25, -0.2) is 0 Å². The van der Waals surface area contributed by atoms with Crippen LogP contribution in [-0.4, -0.2) is 37.6 Å². The summed E-state index contributed by atoms with van der Waals surface area (Å²) >= 11 is 0. The van der Waals surface area contributed by atoms with Crippen LogP contribution in [0.25, 0.3) is 0 Å². The molecule has 1 aliphatic heterocycles. The fourth-order valence-corrected chi connectivity index (χ4v) is 3.35. The van der Waals surface area contributed by atoms with Crippen LogP contribution in [0.1, 0.15) is 43.7 Å². The van der Waals surface area contributed by atoms with E-state index in [9.17, 15) is 4.79 Å². The summed E-state index contributed by atoms with van der Waals surface area (Å²) < 4.78 is 5.24. The van der Waals surface area contributed by atoms with Gasteiger partial charge in [0.05, 0.1) is 13.2 Å². The average Bonchev–Trinajstić information content (AvgIpc) is 3.00. The SMILES string of the molecule is COc1ccc(C(CNC(=O)C2CCC2)N2CCCC2)cc1. The van der Waals surface area contributed by atoms with E-state index in [4.69, 9.17) is 4.74 Å². The van der Waals surface area contributed by atoms with Crippen molar-refractivity contribution in [3.05, 3.63) is 29.8 Å². The fourth-order valence-electron chi connectivity index (χ4n) is 3.35. The molecule has 1 aromatic rings. The Morgan fingerprint density at radius 2 is 1.91 bits per heavy atom. The van der Waals surface area contributed by atoms with Gasteiger partial charge in [0, 0.05) is 12.5 Å². The van der Waals surface area contributed by atoms with E-state index in [1.54, 1.807) is 7.11 Å². The molecule has 0 bridgehead atoms. The Bertz CT molecular complexity index is 490. The zero-order valence-corrected chi connectivity index (χ0v) is 13.4. The second-order valence-electron chi connectivity index (χ2n) is 6.41. The number of carbonyl (C=O) groups excluding carboxylic acids is 1. The molecule has 1 saturated carbocycles. The number of likely N-dealkylation sites (tertiary alicyclic amines) is 1. The molecule has 120 valence electrons. The number of nitrogens with one attached hydrogen (secondary N) is 1. The van der Waals surface area contributed by atoms with Crippen LogP contribution in [0.4, 0.5) is 0 Å². The molecule has 0 aromatic heterocycles. The number of rotatable bonds is 6. The van der Waals surface area contributed by atoms with Crippen molar-refractivity contribution in [2.75, 3.05) is 26.7 Å². The third-order valence-electron chi connectivity index (χ3n) is 5.03. The number of ether oxygens (including phenoxy) is 1. The molecule has 1 atom stereocenters. The van der Waals surface area contributed by atoms with Crippen molar-refractivity contribution >= 4 is 5.91 Å². The number of amides is 1. The zero-order valence-electron chi connectivity index (χ0n) is 13.4. The van der Waals surface area contributed by atoms with Gasteiger partial charge < -0.3 is 10.1 Å². The molecule has 0 radical (unpaired) electrons. The molecule has 1 saturated heterocycles. The van der Waals surface area contributed by atoms with E-state index in [2.05, 4.69) is 22.3 Å². The van der Waals surface area contributed by atoms with Crippen molar-refractivity contribution < 1.29 is 9.53 Å². The number of carbonyl (C=O) groups is 1. The van der Waals surface area contributed by atoms with Crippen molar-refractivity contribution in [1.82, 2.24) is 10.2 Å². The maximum atomic E-state index is 12.1. The summed E-state index contributed by atoms with van der Waals surface area (Å²) in [5.74, 6) is 1.38. The molecule has 1 aromatic carbocycles. The normalized spacial score (nSPS) is 20.4. The Morgan fingerprint density at radius 3 is 2.45 bits per heavy atom. The molecule has 4 nitrogen and oxygen atoms in total. The van der Waals surface area contributed by atoms with Crippen LogP contribution in [0.3, 0.4) is 0 Å². The van der Waals surface area contributed by atoms with Crippen LogP contribution in [-0.2, 0) is 4.79 Å². The van der Waals surface area contributed by atoms with Gasteiger partial charge in [-0.05, 0) is 56.5 Å². The van der Waals surface area contributed by atoms with Gasteiger partial charge in [0.15, 0.2) is 0 Å². The van der Waals surface area contributed by atoms with E-state index in [0.717, 1.165) is 31.7 Å². The maximum absolute atomic E-state index is 12.1. The number of nitrogens with zero attached hydrogens (tertiary/aromatic N) is 1. The second-order valence-corrected chi connectivity index (χ2v) is 6.41. The Kier molecular flexibility index (Phi) is 4.98. The third kappa shape index (κ3) is 3.43. The second kappa shape index (κ2) is 7.14. The summed E-state index contributed by atoms with van der Waals surface area (Å²) in [6.45, 7) is 2.95. The van der Waals surface area contributed by atoms with Crippen LogP contribution >= 0.6 is 0 Å². The topological polar surface area (TPSA) is 41.6 Å². The summed E-state index contributed by atoms with van der Waals surface area (Å²) in [5, 5.41) is 3.18. The van der Waals surface area contributed by atoms with Crippen LogP contribution < -0.4 is 10.1 Å². The molecule has 2 aliphatic rings. The highest BCUT2D eigenvalue weighted by Crippen LogP contribution is 2.28. The highest BCUT2D eigenvalue weighted by atomic mass is 16.5. The minimum atomic E-state index is 0.240. The van der Waals surface area contributed by atoms with Crippen LogP contribution in [0.15, 0.2) is 24.3 Å². The molecule has 1 heterocycles. The molecule has 22 heavy (non-hydrogen) atoms. The Labute approximate surface area is 132 Å². The highest BCUT2D eigenvalue weighted by Gasteiger charge is 2.28. The van der Waals surface area contributed by atoms with E-state index in [-0.39, 0.29) is 17.9 Å². The first kappa shape index (κ1) is 15.3. The van der Waals surface area contributed by atoms with Crippen molar-refractivity contribution in [3.63, 3.8) is 0 Å². The average molecular weight is 302 g/mol. The zero-order chi connectivity index (χ0) is 15.4. The van der Waals surface area contributed by atoms with E-state index in [0.29, 0.717) is 6.54 Å². The molecule has 1 unspecified atom stereocenters. The molecule has 1 amide bonds. The van der Waals surface area contributed by atoms with Gasteiger partial charge in [0.25, 0.3) is 0 Å². The van der Waals surface area contributed by atoms with Gasteiger partial charge in [-0.2, -0.15) is 0 Å². The number of hydrogen-bond donors (Lipinski definition) is 1. The largest absolute Gasteiger partial charge is 0.497 e. The van der Waals surface area contributed by atoms with Crippen molar-refractivity contribution in [1.29, 1.82) is 0 Å². The smallest absolute Gasteiger partial charge is 0.223 e. The van der Waals surface area contributed by atoms with Crippen LogP contribution in [0.5, 0.6) is 5.75 Å². The summed E-state index contributed by atoms with van der Waals surface area (Å²) in [7, 11) is 1.69. The monoisotopic (exact) mass is 302 g/mol. The van der Waals surface area contributed by atoms with Gasteiger partial charge in [-0.3, -0.25) is 9.69 Å². The Hall–Kier alpha value is -1.55. The molecule has 1 N–H and O–H groups in total. The third-order valence-corrected chi connectivity index (χ3v) is 5.03. The fraction of sp³-hybridized carbons (Fsp3) is 0.611. The van der Waals surface area contributed by atoms with Crippen molar-refractivity contribution in [3.8, 4) is 5.75 Å². The number of benzene rings is 1. The number of methoxy groups -OCH3 is 1. The molecular weight excluding hydrogens is 276 g/mol. The summed E-state index contributed by atoms with van der Waals surface area (Å²) in [6, 6.07) is 8.53. The summed E-state index contributed by atoms with van der Waals surface area (Å²) in [6.07, 6.45) is 5.82. The van der Waals surface area contributed by atoms with Gasteiger partial charge >= 0.3 is 0 Å². The highest BCUT2D eigenvalue weighted by molar-refractivity contribution is 5.79. The van der Waals surface area contributed by atoms with Crippen molar-refractivity contribution in [2.45, 2.75) is 38.1 Å². The minimum Gasteiger partial charge on any atom is -0.497 e.